The Hall–Kier alpha value is -2.42. The van der Waals surface area contributed by atoms with Crippen molar-refractivity contribution in [3.05, 3.63) is 66.1 Å². The van der Waals surface area contributed by atoms with Crippen molar-refractivity contribution in [1.29, 1.82) is 0 Å². The van der Waals surface area contributed by atoms with Gasteiger partial charge >= 0.3 is 0 Å². The van der Waals surface area contributed by atoms with Gasteiger partial charge < -0.3 is 15.0 Å². The predicted octanol–water partition coefficient (Wildman–Crippen LogP) is 4.09. The Bertz CT molecular complexity index is 664. The number of ether oxygens (including phenoxy) is 1. The third kappa shape index (κ3) is 3.02. The van der Waals surface area contributed by atoms with Crippen molar-refractivity contribution < 1.29 is 4.74 Å². The summed E-state index contributed by atoms with van der Waals surface area (Å²) in [7, 11) is 0. The zero-order valence-electron chi connectivity index (χ0n) is 12.5. The van der Waals surface area contributed by atoms with Crippen molar-refractivity contribution in [1.82, 2.24) is 0 Å². The lowest BCUT2D eigenvalue weighted by atomic mass is 10.1. The normalized spacial score (nSPS) is 12.8. The Balaban J connectivity index is 1.61. The molecule has 0 bridgehead atoms. The monoisotopic (exact) mass is 280 g/mol. The second-order valence-corrected chi connectivity index (χ2v) is 5.29. The van der Waals surface area contributed by atoms with E-state index in [2.05, 4.69) is 48.3 Å². The fourth-order valence-corrected chi connectivity index (χ4v) is 2.42. The van der Waals surface area contributed by atoms with Crippen molar-refractivity contribution in [3.63, 3.8) is 0 Å². The van der Waals surface area contributed by atoms with Gasteiger partial charge in [0.2, 0.25) is 0 Å². The first-order valence-electron chi connectivity index (χ1n) is 7.24. The first kappa shape index (κ1) is 13.6. The lowest BCUT2D eigenvalue weighted by molar-refractivity contribution is 0.469. The van der Waals surface area contributed by atoms with Crippen LogP contribution in [0, 0.1) is 13.8 Å². The first-order chi connectivity index (χ1) is 10.2. The number of para-hydroxylation sites is 2. The summed E-state index contributed by atoms with van der Waals surface area (Å²) in [4.78, 5) is 2.20. The second-order valence-electron chi connectivity index (χ2n) is 5.29. The van der Waals surface area contributed by atoms with Gasteiger partial charge in [-0.2, -0.15) is 0 Å². The van der Waals surface area contributed by atoms with Gasteiger partial charge in [0, 0.05) is 25.0 Å². The second kappa shape index (κ2) is 5.92. The van der Waals surface area contributed by atoms with Gasteiger partial charge in [0.05, 0.1) is 5.69 Å². The van der Waals surface area contributed by atoms with Crippen LogP contribution in [0.3, 0.4) is 0 Å². The van der Waals surface area contributed by atoms with Crippen LogP contribution in [0.1, 0.15) is 11.1 Å². The number of anilines is 2. The molecule has 3 heteroatoms. The predicted molar refractivity (Wildman–Crippen MR) is 88.0 cm³/mol. The van der Waals surface area contributed by atoms with Crippen LogP contribution >= 0.6 is 0 Å². The molecule has 0 spiro atoms. The van der Waals surface area contributed by atoms with Crippen LogP contribution in [0.4, 0.5) is 11.4 Å². The minimum absolute atomic E-state index is 0.876. The molecule has 2 aromatic rings. The van der Waals surface area contributed by atoms with Gasteiger partial charge in [-0.1, -0.05) is 18.2 Å². The van der Waals surface area contributed by atoms with Crippen LogP contribution in [0.2, 0.25) is 0 Å². The summed E-state index contributed by atoms with van der Waals surface area (Å²) in [5, 5.41) is 3.47. The summed E-state index contributed by atoms with van der Waals surface area (Å²) in [5.41, 5.74) is 4.92. The minimum atomic E-state index is 0.876. The van der Waals surface area contributed by atoms with E-state index in [1.165, 1.54) is 16.8 Å². The summed E-state index contributed by atoms with van der Waals surface area (Å²) < 4.78 is 5.50. The lowest BCUT2D eigenvalue weighted by Gasteiger charge is -2.26. The van der Waals surface area contributed by atoms with Crippen LogP contribution < -0.4 is 15.0 Å². The van der Waals surface area contributed by atoms with Gasteiger partial charge in [0.25, 0.3) is 0 Å². The smallest absolute Gasteiger partial charge is 0.150 e. The quantitative estimate of drug-likeness (QED) is 0.913. The average Bonchev–Trinajstić information content (AvgIpc) is 2.51. The molecule has 0 atom stereocenters. The molecule has 0 amide bonds. The van der Waals surface area contributed by atoms with Gasteiger partial charge in [0.15, 0.2) is 0 Å². The van der Waals surface area contributed by atoms with Crippen LogP contribution in [0.25, 0.3) is 0 Å². The molecule has 0 aliphatic carbocycles. The van der Waals surface area contributed by atoms with E-state index in [4.69, 9.17) is 4.74 Å². The Labute approximate surface area is 125 Å². The molecule has 1 aliphatic heterocycles. The van der Waals surface area contributed by atoms with Gasteiger partial charge in [0.1, 0.15) is 12.0 Å². The molecule has 3 rings (SSSR count). The highest BCUT2D eigenvalue weighted by atomic mass is 16.5. The minimum Gasteiger partial charge on any atom is -0.461 e. The maximum absolute atomic E-state index is 5.50. The number of hydrogen-bond donors (Lipinski definition) is 1. The maximum atomic E-state index is 5.50. The third-order valence-electron chi connectivity index (χ3n) is 3.80. The Morgan fingerprint density at radius 3 is 2.76 bits per heavy atom. The van der Waals surface area contributed by atoms with E-state index in [1.807, 2.05) is 24.4 Å². The average molecular weight is 280 g/mol. The molecular formula is C18H20N2O. The van der Waals surface area contributed by atoms with Gasteiger partial charge in [-0.05, 0) is 49.2 Å². The molecule has 1 heterocycles. The molecule has 1 N–H and O–H groups in total. The number of fused-ring (bicyclic) bond motifs is 1. The number of nitrogens with zero attached hydrogens (tertiary/aromatic N) is 1. The molecule has 0 unspecified atom stereocenters. The molecular weight excluding hydrogens is 260 g/mol. The standard InChI is InChI=1S/C18H20N2O/c1-14-7-8-16(13-15(14)2)19-9-10-20-11-12-21-18-6-4-3-5-17(18)20/h3-8,11-13,19H,9-10H2,1-2H3. The summed E-state index contributed by atoms with van der Waals surface area (Å²) in [5.74, 6) is 0.909. The fourth-order valence-electron chi connectivity index (χ4n) is 2.42. The highest BCUT2D eigenvalue weighted by molar-refractivity contribution is 5.62. The van der Waals surface area contributed by atoms with E-state index in [1.54, 1.807) is 6.26 Å². The summed E-state index contributed by atoms with van der Waals surface area (Å²) in [6.45, 7) is 6.04. The first-order valence-corrected chi connectivity index (χ1v) is 7.24. The molecule has 0 fully saturated rings. The van der Waals surface area contributed by atoms with E-state index < -0.39 is 0 Å². The van der Waals surface area contributed by atoms with Crippen molar-refractivity contribution in [3.8, 4) is 5.75 Å². The summed E-state index contributed by atoms with van der Waals surface area (Å²) >= 11 is 0. The van der Waals surface area contributed by atoms with Gasteiger partial charge in [-0.3, -0.25) is 0 Å². The van der Waals surface area contributed by atoms with Gasteiger partial charge in [-0.25, -0.2) is 0 Å². The van der Waals surface area contributed by atoms with E-state index in [9.17, 15) is 0 Å². The SMILES string of the molecule is Cc1ccc(NCCN2C=COc3ccccc32)cc1C. The van der Waals surface area contributed by atoms with Crippen LogP contribution in [-0.4, -0.2) is 13.1 Å². The molecule has 0 aromatic heterocycles. The zero-order valence-corrected chi connectivity index (χ0v) is 12.5. The Morgan fingerprint density at radius 2 is 1.90 bits per heavy atom. The summed E-state index contributed by atoms with van der Waals surface area (Å²) in [6, 6.07) is 14.6. The van der Waals surface area contributed by atoms with Crippen LogP contribution in [0.15, 0.2) is 54.9 Å². The molecule has 108 valence electrons. The molecule has 3 nitrogen and oxygen atoms in total. The van der Waals surface area contributed by atoms with Crippen LogP contribution in [-0.2, 0) is 0 Å². The number of rotatable bonds is 4. The molecule has 0 saturated carbocycles. The largest absolute Gasteiger partial charge is 0.461 e. The van der Waals surface area contributed by atoms with E-state index in [-0.39, 0.29) is 0 Å². The van der Waals surface area contributed by atoms with E-state index >= 15 is 0 Å². The van der Waals surface area contributed by atoms with Crippen LogP contribution in [0.5, 0.6) is 5.75 Å². The molecule has 2 aromatic carbocycles. The molecule has 21 heavy (non-hydrogen) atoms. The van der Waals surface area contributed by atoms with Crippen molar-refractivity contribution >= 4 is 11.4 Å². The Morgan fingerprint density at radius 1 is 1.05 bits per heavy atom. The zero-order chi connectivity index (χ0) is 14.7. The molecule has 0 radical (unpaired) electrons. The van der Waals surface area contributed by atoms with Gasteiger partial charge in [-0.15, -0.1) is 0 Å². The maximum Gasteiger partial charge on any atom is 0.150 e. The molecule has 0 saturated heterocycles. The van der Waals surface area contributed by atoms with Crippen molar-refractivity contribution in [2.24, 2.45) is 0 Å². The number of hydrogen-bond acceptors (Lipinski definition) is 3. The fraction of sp³-hybridized carbons (Fsp3) is 0.222. The number of nitrogens with one attached hydrogen (secondary N) is 1. The number of benzene rings is 2. The summed E-state index contributed by atoms with van der Waals surface area (Å²) in [6.07, 6.45) is 3.71. The number of aryl methyl sites for hydroxylation is 2. The van der Waals surface area contributed by atoms with Crippen molar-refractivity contribution in [2.45, 2.75) is 13.8 Å². The lowest BCUT2D eigenvalue weighted by Crippen LogP contribution is -2.26. The van der Waals surface area contributed by atoms with E-state index in [0.29, 0.717) is 0 Å². The highest BCUT2D eigenvalue weighted by Crippen LogP contribution is 2.31. The van der Waals surface area contributed by atoms with E-state index in [0.717, 1.165) is 24.5 Å². The molecule has 1 aliphatic rings. The van der Waals surface area contributed by atoms with Crippen molar-refractivity contribution in [2.75, 3.05) is 23.3 Å². The third-order valence-corrected chi connectivity index (χ3v) is 3.80. The topological polar surface area (TPSA) is 24.5 Å². The highest BCUT2D eigenvalue weighted by Gasteiger charge is 2.12. The Kier molecular flexibility index (Phi) is 3.82.